The van der Waals surface area contributed by atoms with Crippen LogP contribution >= 0.6 is 0 Å². The molecule has 1 aromatic carbocycles. The molecule has 0 unspecified atom stereocenters. The minimum atomic E-state index is -0.671. The van der Waals surface area contributed by atoms with Crippen LogP contribution in [-0.2, 0) is 11.3 Å². The Balaban J connectivity index is 2.01. The highest BCUT2D eigenvalue weighted by molar-refractivity contribution is 5.89. The van der Waals surface area contributed by atoms with Crippen LogP contribution in [0.5, 0.6) is 0 Å². The molecule has 2 aromatic rings. The summed E-state index contributed by atoms with van der Waals surface area (Å²) >= 11 is 0. The molecule has 5 heteroatoms. The Labute approximate surface area is 123 Å². The molecule has 0 radical (unpaired) electrons. The van der Waals surface area contributed by atoms with Gasteiger partial charge in [0.15, 0.2) is 0 Å². The van der Waals surface area contributed by atoms with Crippen molar-refractivity contribution in [1.29, 1.82) is 0 Å². The first-order chi connectivity index (χ1) is 10.1. The second-order valence-corrected chi connectivity index (χ2v) is 4.69. The minimum absolute atomic E-state index is 0.0541. The first-order valence-corrected chi connectivity index (χ1v) is 6.62. The Morgan fingerprint density at radius 1 is 1.43 bits per heavy atom. The molecular weight excluding hydrogens is 271 g/mol. The van der Waals surface area contributed by atoms with Gasteiger partial charge in [0, 0.05) is 25.0 Å². The third-order valence-electron chi connectivity index (χ3n) is 3.24. The molecule has 0 bridgehead atoms. The molecule has 0 aliphatic heterocycles. The fraction of sp³-hybridized carbons (Fsp3) is 0.250. The van der Waals surface area contributed by atoms with E-state index in [-0.39, 0.29) is 11.6 Å². The van der Waals surface area contributed by atoms with E-state index in [4.69, 9.17) is 0 Å². The van der Waals surface area contributed by atoms with Crippen LogP contribution in [0, 0.1) is 5.82 Å². The number of carbonyl (C=O) groups excluding carboxylic acids is 1. The second kappa shape index (κ2) is 6.95. The van der Waals surface area contributed by atoms with Gasteiger partial charge in [-0.2, -0.15) is 0 Å². The zero-order valence-electron chi connectivity index (χ0n) is 12.0. The lowest BCUT2D eigenvalue weighted by molar-refractivity contribution is 0.0595. The average molecular weight is 288 g/mol. The van der Waals surface area contributed by atoms with Crippen LogP contribution in [0.4, 0.5) is 4.39 Å². The Morgan fingerprint density at radius 2 is 2.24 bits per heavy atom. The molecule has 21 heavy (non-hydrogen) atoms. The first-order valence-electron chi connectivity index (χ1n) is 6.62. The van der Waals surface area contributed by atoms with E-state index in [0.717, 1.165) is 11.1 Å². The highest BCUT2D eigenvalue weighted by atomic mass is 19.1. The number of aromatic nitrogens is 1. The number of esters is 1. The largest absolute Gasteiger partial charge is 0.465 e. The fourth-order valence-electron chi connectivity index (χ4n) is 1.96. The monoisotopic (exact) mass is 288 g/mol. The van der Waals surface area contributed by atoms with Gasteiger partial charge in [-0.1, -0.05) is 12.1 Å². The Hall–Kier alpha value is -2.27. The van der Waals surface area contributed by atoms with Gasteiger partial charge >= 0.3 is 5.97 Å². The van der Waals surface area contributed by atoms with Crippen molar-refractivity contribution < 1.29 is 13.9 Å². The van der Waals surface area contributed by atoms with E-state index in [0.29, 0.717) is 6.54 Å². The van der Waals surface area contributed by atoms with Crippen LogP contribution in [0.15, 0.2) is 42.7 Å². The molecule has 4 nitrogen and oxygen atoms in total. The summed E-state index contributed by atoms with van der Waals surface area (Å²) in [6.07, 6.45) is 3.51. The summed E-state index contributed by atoms with van der Waals surface area (Å²) in [7, 11) is 1.23. The number of hydrogen-bond donors (Lipinski definition) is 1. The molecule has 0 spiro atoms. The van der Waals surface area contributed by atoms with Gasteiger partial charge in [0.25, 0.3) is 0 Å². The van der Waals surface area contributed by atoms with Crippen molar-refractivity contribution in [3.63, 3.8) is 0 Å². The zero-order valence-corrected chi connectivity index (χ0v) is 12.0. The topological polar surface area (TPSA) is 51.2 Å². The number of hydrogen-bond acceptors (Lipinski definition) is 4. The van der Waals surface area contributed by atoms with Crippen LogP contribution in [0.25, 0.3) is 0 Å². The number of nitrogens with zero attached hydrogens (tertiary/aromatic N) is 1. The van der Waals surface area contributed by atoms with E-state index in [9.17, 15) is 9.18 Å². The van der Waals surface area contributed by atoms with Gasteiger partial charge in [-0.3, -0.25) is 4.98 Å². The number of carbonyl (C=O) groups is 1. The van der Waals surface area contributed by atoms with Crippen molar-refractivity contribution in [2.24, 2.45) is 0 Å². The van der Waals surface area contributed by atoms with Gasteiger partial charge in [-0.25, -0.2) is 9.18 Å². The molecule has 0 aliphatic carbocycles. The van der Waals surface area contributed by atoms with E-state index in [2.05, 4.69) is 15.0 Å². The van der Waals surface area contributed by atoms with E-state index in [1.165, 1.54) is 19.2 Å². The van der Waals surface area contributed by atoms with E-state index >= 15 is 0 Å². The Morgan fingerprint density at radius 3 is 2.86 bits per heavy atom. The smallest absolute Gasteiger partial charge is 0.340 e. The summed E-state index contributed by atoms with van der Waals surface area (Å²) in [4.78, 5) is 15.4. The number of rotatable bonds is 5. The lowest BCUT2D eigenvalue weighted by Crippen LogP contribution is -2.18. The average Bonchev–Trinajstić information content (AvgIpc) is 2.52. The maximum atomic E-state index is 13.8. The van der Waals surface area contributed by atoms with Gasteiger partial charge < -0.3 is 10.1 Å². The normalized spacial score (nSPS) is 12.0. The molecule has 110 valence electrons. The molecule has 0 saturated heterocycles. The van der Waals surface area contributed by atoms with Crippen molar-refractivity contribution in [1.82, 2.24) is 10.3 Å². The number of nitrogens with one attached hydrogen (secondary N) is 1. The molecule has 0 fully saturated rings. The van der Waals surface area contributed by atoms with E-state index in [1.807, 2.05) is 19.1 Å². The Bertz CT molecular complexity index is 617. The molecule has 1 aromatic heterocycles. The number of halogens is 1. The molecule has 1 N–H and O–H groups in total. The van der Waals surface area contributed by atoms with Crippen molar-refractivity contribution in [3.05, 3.63) is 65.2 Å². The Kier molecular flexibility index (Phi) is 5.00. The predicted molar refractivity (Wildman–Crippen MR) is 77.2 cm³/mol. The van der Waals surface area contributed by atoms with Crippen LogP contribution in [0.2, 0.25) is 0 Å². The van der Waals surface area contributed by atoms with Gasteiger partial charge in [-0.05, 0) is 36.2 Å². The van der Waals surface area contributed by atoms with Gasteiger partial charge in [0.1, 0.15) is 5.82 Å². The van der Waals surface area contributed by atoms with Gasteiger partial charge in [0.05, 0.1) is 12.7 Å². The summed E-state index contributed by atoms with van der Waals surface area (Å²) in [6.45, 7) is 2.50. The predicted octanol–water partition coefficient (Wildman–Crippen LogP) is 2.86. The van der Waals surface area contributed by atoms with E-state index < -0.39 is 11.8 Å². The number of benzene rings is 1. The highest BCUT2D eigenvalue weighted by Crippen LogP contribution is 2.14. The minimum Gasteiger partial charge on any atom is -0.465 e. The number of pyridine rings is 1. The summed E-state index contributed by atoms with van der Waals surface area (Å²) in [5.41, 5.74) is 1.77. The van der Waals surface area contributed by atoms with Crippen LogP contribution in [0.1, 0.15) is 34.5 Å². The second-order valence-electron chi connectivity index (χ2n) is 4.69. The lowest BCUT2D eigenvalue weighted by Gasteiger charge is -2.14. The van der Waals surface area contributed by atoms with Gasteiger partial charge in [-0.15, -0.1) is 0 Å². The summed E-state index contributed by atoms with van der Waals surface area (Å²) in [5, 5.41) is 3.28. The maximum Gasteiger partial charge on any atom is 0.340 e. The molecule has 1 atom stereocenters. The van der Waals surface area contributed by atoms with Crippen molar-refractivity contribution >= 4 is 5.97 Å². The maximum absolute atomic E-state index is 13.8. The highest BCUT2D eigenvalue weighted by Gasteiger charge is 2.12. The van der Waals surface area contributed by atoms with Crippen LogP contribution in [0.3, 0.4) is 0 Å². The van der Waals surface area contributed by atoms with E-state index in [1.54, 1.807) is 18.5 Å². The molecule has 0 saturated carbocycles. The molecule has 2 rings (SSSR count). The molecule has 0 aliphatic rings. The number of ether oxygens (including phenoxy) is 1. The molecular formula is C16H17FN2O2. The van der Waals surface area contributed by atoms with Gasteiger partial charge in [0.2, 0.25) is 0 Å². The quantitative estimate of drug-likeness (QED) is 0.860. The molecule has 0 amide bonds. The third kappa shape index (κ3) is 3.86. The summed E-state index contributed by atoms with van der Waals surface area (Å²) in [5.74, 6) is -1.24. The molecule has 1 heterocycles. The van der Waals surface area contributed by atoms with Crippen molar-refractivity contribution in [2.45, 2.75) is 19.5 Å². The third-order valence-corrected chi connectivity index (χ3v) is 3.24. The number of methoxy groups -OCH3 is 1. The standard InChI is InChI=1S/C16H17FN2O2/c1-11(13-4-3-7-18-10-13)19-9-12-5-6-14(15(17)8-12)16(20)21-2/h3-8,10-11,19H,9H2,1-2H3/t11-/m0/s1. The fourth-order valence-corrected chi connectivity index (χ4v) is 1.96. The summed E-state index contributed by atoms with van der Waals surface area (Å²) < 4.78 is 18.3. The lowest BCUT2D eigenvalue weighted by atomic mass is 10.1. The van der Waals surface area contributed by atoms with Crippen molar-refractivity contribution in [3.8, 4) is 0 Å². The van der Waals surface area contributed by atoms with Crippen LogP contribution in [-0.4, -0.2) is 18.1 Å². The zero-order chi connectivity index (χ0) is 15.2. The summed E-state index contributed by atoms with van der Waals surface area (Å²) in [6, 6.07) is 8.44. The van der Waals surface area contributed by atoms with Crippen LogP contribution < -0.4 is 5.32 Å². The first kappa shape index (κ1) is 15.1. The SMILES string of the molecule is COC(=O)c1ccc(CN[C@@H](C)c2cccnc2)cc1F. The van der Waals surface area contributed by atoms with Crippen molar-refractivity contribution in [2.75, 3.05) is 7.11 Å².